The third-order valence-corrected chi connectivity index (χ3v) is 3.52. The van der Waals surface area contributed by atoms with Crippen LogP contribution in [0.3, 0.4) is 0 Å². The molecule has 94 valence electrons. The minimum atomic E-state index is 0.0944. The lowest BCUT2D eigenvalue weighted by atomic mass is 9.98. The van der Waals surface area contributed by atoms with Gasteiger partial charge in [-0.1, -0.05) is 18.2 Å². The van der Waals surface area contributed by atoms with E-state index in [2.05, 4.69) is 24.9 Å². The minimum Gasteiger partial charge on any atom is -0.496 e. The zero-order valence-corrected chi connectivity index (χ0v) is 10.9. The third-order valence-electron chi connectivity index (χ3n) is 3.52. The lowest BCUT2D eigenvalue weighted by molar-refractivity contribution is 0.205. The second kappa shape index (κ2) is 5.07. The highest BCUT2D eigenvalue weighted by molar-refractivity contribution is 5.37. The summed E-state index contributed by atoms with van der Waals surface area (Å²) < 4.78 is 5.44. The number of nitrogens with two attached hydrogens (primary N) is 1. The highest BCUT2D eigenvalue weighted by Gasteiger charge is 2.34. The number of hydrogen-bond donors (Lipinski definition) is 1. The van der Waals surface area contributed by atoms with E-state index < -0.39 is 0 Å². The van der Waals surface area contributed by atoms with Crippen LogP contribution in [-0.2, 0) is 0 Å². The van der Waals surface area contributed by atoms with Crippen LogP contribution in [0.25, 0.3) is 0 Å². The van der Waals surface area contributed by atoms with E-state index in [1.165, 1.54) is 18.4 Å². The topological polar surface area (TPSA) is 38.5 Å². The molecule has 2 unspecified atom stereocenters. The summed E-state index contributed by atoms with van der Waals surface area (Å²) >= 11 is 0. The molecule has 0 spiro atoms. The summed E-state index contributed by atoms with van der Waals surface area (Å²) in [5.41, 5.74) is 7.36. The predicted molar refractivity (Wildman–Crippen MR) is 70.2 cm³/mol. The molecule has 0 radical (unpaired) electrons. The Morgan fingerprint density at radius 1 is 1.35 bits per heavy atom. The van der Waals surface area contributed by atoms with Crippen molar-refractivity contribution in [1.82, 2.24) is 4.90 Å². The average molecular weight is 234 g/mol. The molecule has 0 saturated heterocycles. The number of ether oxygens (including phenoxy) is 1. The number of hydrogen-bond acceptors (Lipinski definition) is 3. The van der Waals surface area contributed by atoms with Crippen LogP contribution < -0.4 is 10.5 Å². The van der Waals surface area contributed by atoms with Crippen molar-refractivity contribution in [3.63, 3.8) is 0 Å². The Labute approximate surface area is 104 Å². The molecule has 1 aliphatic carbocycles. The van der Waals surface area contributed by atoms with Crippen LogP contribution in [0.2, 0.25) is 0 Å². The number of rotatable bonds is 5. The zero-order chi connectivity index (χ0) is 12.4. The Morgan fingerprint density at radius 2 is 2.00 bits per heavy atom. The van der Waals surface area contributed by atoms with Crippen molar-refractivity contribution in [3.8, 4) is 5.75 Å². The number of likely N-dealkylation sites (N-methyl/N-ethyl adjacent to an activating group) is 1. The maximum absolute atomic E-state index is 6.16. The molecule has 0 aromatic heterocycles. The standard InChI is InChI=1S/C14H22N2O/c1-10(15)14(16(2)11-8-9-11)12-6-4-5-7-13(12)17-3/h4-7,10-11,14H,8-9,15H2,1-3H3. The van der Waals surface area contributed by atoms with Gasteiger partial charge in [0.25, 0.3) is 0 Å². The van der Waals surface area contributed by atoms with Crippen LogP contribution >= 0.6 is 0 Å². The zero-order valence-electron chi connectivity index (χ0n) is 10.9. The molecule has 2 rings (SSSR count). The van der Waals surface area contributed by atoms with E-state index in [4.69, 9.17) is 10.5 Å². The fourth-order valence-electron chi connectivity index (χ4n) is 2.49. The molecular weight excluding hydrogens is 212 g/mol. The molecule has 1 aromatic rings. The lowest BCUT2D eigenvalue weighted by Crippen LogP contribution is -2.38. The van der Waals surface area contributed by atoms with E-state index in [-0.39, 0.29) is 12.1 Å². The monoisotopic (exact) mass is 234 g/mol. The summed E-state index contributed by atoms with van der Waals surface area (Å²) in [5, 5.41) is 0. The second-order valence-electron chi connectivity index (χ2n) is 4.94. The molecule has 1 saturated carbocycles. The van der Waals surface area contributed by atoms with Gasteiger partial charge in [0.05, 0.1) is 13.2 Å². The molecule has 0 amide bonds. The summed E-state index contributed by atoms with van der Waals surface area (Å²) in [6, 6.07) is 9.19. The maximum atomic E-state index is 6.16. The van der Waals surface area contributed by atoms with E-state index in [0.29, 0.717) is 6.04 Å². The van der Waals surface area contributed by atoms with Crippen LogP contribution in [0.5, 0.6) is 5.75 Å². The number of nitrogens with zero attached hydrogens (tertiary/aromatic N) is 1. The molecule has 3 nitrogen and oxygen atoms in total. The van der Waals surface area contributed by atoms with E-state index in [1.807, 2.05) is 18.2 Å². The van der Waals surface area contributed by atoms with Crippen LogP contribution in [0.4, 0.5) is 0 Å². The van der Waals surface area contributed by atoms with Crippen molar-refractivity contribution in [1.29, 1.82) is 0 Å². The second-order valence-corrected chi connectivity index (χ2v) is 4.94. The summed E-state index contributed by atoms with van der Waals surface area (Å²) in [5.74, 6) is 0.933. The first-order chi connectivity index (χ1) is 8.15. The largest absolute Gasteiger partial charge is 0.496 e. The van der Waals surface area contributed by atoms with Gasteiger partial charge in [-0.3, -0.25) is 4.90 Å². The molecule has 2 atom stereocenters. The molecule has 3 heteroatoms. The molecule has 1 aromatic carbocycles. The third kappa shape index (κ3) is 2.61. The van der Waals surface area contributed by atoms with Gasteiger partial charge in [-0.25, -0.2) is 0 Å². The Bertz CT molecular complexity index is 374. The van der Waals surface area contributed by atoms with Crippen molar-refractivity contribution < 1.29 is 4.74 Å². The van der Waals surface area contributed by atoms with Crippen molar-refractivity contribution in [3.05, 3.63) is 29.8 Å². The van der Waals surface area contributed by atoms with Gasteiger partial charge in [-0.05, 0) is 32.9 Å². The van der Waals surface area contributed by atoms with Gasteiger partial charge in [-0.2, -0.15) is 0 Å². The Kier molecular flexibility index (Phi) is 3.69. The molecule has 0 heterocycles. The Morgan fingerprint density at radius 3 is 2.53 bits per heavy atom. The molecule has 1 aliphatic rings. The smallest absolute Gasteiger partial charge is 0.123 e. The molecule has 0 aliphatic heterocycles. The van der Waals surface area contributed by atoms with Crippen LogP contribution in [0.15, 0.2) is 24.3 Å². The molecule has 17 heavy (non-hydrogen) atoms. The Balaban J connectivity index is 2.31. The first-order valence-electron chi connectivity index (χ1n) is 6.25. The van der Waals surface area contributed by atoms with Crippen molar-refractivity contribution in [2.45, 2.75) is 37.9 Å². The number of benzene rings is 1. The van der Waals surface area contributed by atoms with Crippen LogP contribution in [-0.4, -0.2) is 31.1 Å². The fourth-order valence-corrected chi connectivity index (χ4v) is 2.49. The highest BCUT2D eigenvalue weighted by atomic mass is 16.5. The van der Waals surface area contributed by atoms with Gasteiger partial charge in [-0.15, -0.1) is 0 Å². The molecule has 2 N–H and O–H groups in total. The fraction of sp³-hybridized carbons (Fsp3) is 0.571. The summed E-state index contributed by atoms with van der Waals surface area (Å²) in [6.07, 6.45) is 2.57. The summed E-state index contributed by atoms with van der Waals surface area (Å²) in [4.78, 5) is 2.39. The summed E-state index contributed by atoms with van der Waals surface area (Å²) in [6.45, 7) is 2.07. The first kappa shape index (κ1) is 12.4. The van der Waals surface area contributed by atoms with Crippen LogP contribution in [0.1, 0.15) is 31.4 Å². The van der Waals surface area contributed by atoms with Gasteiger partial charge < -0.3 is 10.5 Å². The molecule has 1 fully saturated rings. The maximum Gasteiger partial charge on any atom is 0.123 e. The highest BCUT2D eigenvalue weighted by Crippen LogP contribution is 2.37. The van der Waals surface area contributed by atoms with Crippen molar-refractivity contribution in [2.24, 2.45) is 5.73 Å². The SMILES string of the molecule is COc1ccccc1C(C(C)N)N(C)C1CC1. The Hall–Kier alpha value is -1.06. The molecule has 0 bridgehead atoms. The van der Waals surface area contributed by atoms with E-state index in [0.717, 1.165) is 5.75 Å². The lowest BCUT2D eigenvalue weighted by Gasteiger charge is -2.32. The normalized spacial score (nSPS) is 19.1. The number of methoxy groups -OCH3 is 1. The first-order valence-corrected chi connectivity index (χ1v) is 6.25. The van der Waals surface area contributed by atoms with Crippen molar-refractivity contribution in [2.75, 3.05) is 14.2 Å². The summed E-state index contributed by atoms with van der Waals surface area (Å²) in [7, 11) is 3.88. The minimum absolute atomic E-state index is 0.0944. The predicted octanol–water partition coefficient (Wildman–Crippen LogP) is 2.18. The molecular formula is C14H22N2O. The van der Waals surface area contributed by atoms with Crippen LogP contribution in [0, 0.1) is 0 Å². The van der Waals surface area contributed by atoms with Gasteiger partial charge in [0, 0.05) is 17.6 Å². The van der Waals surface area contributed by atoms with Crippen molar-refractivity contribution >= 4 is 0 Å². The average Bonchev–Trinajstić information content (AvgIpc) is 3.13. The van der Waals surface area contributed by atoms with Gasteiger partial charge >= 0.3 is 0 Å². The van der Waals surface area contributed by atoms with E-state index in [1.54, 1.807) is 7.11 Å². The van der Waals surface area contributed by atoms with Gasteiger partial charge in [0.2, 0.25) is 0 Å². The quantitative estimate of drug-likeness (QED) is 0.848. The van der Waals surface area contributed by atoms with Gasteiger partial charge in [0.15, 0.2) is 0 Å². The van der Waals surface area contributed by atoms with E-state index >= 15 is 0 Å². The van der Waals surface area contributed by atoms with E-state index in [9.17, 15) is 0 Å². The van der Waals surface area contributed by atoms with Gasteiger partial charge in [0.1, 0.15) is 5.75 Å². The number of para-hydroxylation sites is 1.